The fraction of sp³-hybridized carbons (Fsp3) is 0.824. The summed E-state index contributed by atoms with van der Waals surface area (Å²) in [6.07, 6.45) is 2.72. The van der Waals surface area contributed by atoms with Crippen molar-refractivity contribution in [2.45, 2.75) is 52.5 Å². The van der Waals surface area contributed by atoms with Crippen molar-refractivity contribution in [3.8, 4) is 0 Å². The van der Waals surface area contributed by atoms with Crippen LogP contribution in [0.1, 0.15) is 46.5 Å². The zero-order valence-corrected chi connectivity index (χ0v) is 14.8. The molecular formula is C17H29NO5. The lowest BCUT2D eigenvalue weighted by atomic mass is 9.69. The number of hydrogen-bond donors (Lipinski definition) is 1. The number of esters is 2. The van der Waals surface area contributed by atoms with Gasteiger partial charge in [-0.25, -0.2) is 4.79 Å². The van der Waals surface area contributed by atoms with Crippen molar-refractivity contribution < 1.29 is 23.9 Å². The number of hydrogen-bond acceptors (Lipinski definition) is 5. The largest absolute Gasteiger partial charge is 0.469 e. The lowest BCUT2D eigenvalue weighted by Gasteiger charge is -2.36. The third-order valence-electron chi connectivity index (χ3n) is 4.76. The zero-order valence-electron chi connectivity index (χ0n) is 14.8. The molecule has 1 aliphatic carbocycles. The molecule has 1 N–H and O–H groups in total. The normalized spacial score (nSPS) is 25.6. The molecule has 0 aromatic heterocycles. The zero-order chi connectivity index (χ0) is 17.6. The first-order chi connectivity index (χ1) is 10.8. The summed E-state index contributed by atoms with van der Waals surface area (Å²) in [5.74, 6) is -0.319. The van der Waals surface area contributed by atoms with Gasteiger partial charge in [-0.1, -0.05) is 27.2 Å². The molecule has 0 aromatic rings. The number of rotatable bonds is 6. The minimum atomic E-state index is -0.995. The molecule has 0 aromatic carbocycles. The fourth-order valence-corrected chi connectivity index (χ4v) is 3.37. The van der Waals surface area contributed by atoms with Crippen LogP contribution in [0.25, 0.3) is 0 Å². The van der Waals surface area contributed by atoms with E-state index in [1.807, 2.05) is 0 Å². The number of ether oxygens (including phenoxy) is 2. The Kier molecular flexibility index (Phi) is 7.52. The van der Waals surface area contributed by atoms with Gasteiger partial charge < -0.3 is 14.8 Å². The molecular weight excluding hydrogens is 298 g/mol. The third kappa shape index (κ3) is 5.52. The SMILES string of the molecule is COC(=O)C[C@H](NC(=O)[C@@H]1C[C@H](C)CC[C@H]1C(C)C)C(=O)OC. The van der Waals surface area contributed by atoms with E-state index >= 15 is 0 Å². The maximum Gasteiger partial charge on any atom is 0.328 e. The highest BCUT2D eigenvalue weighted by atomic mass is 16.5. The van der Waals surface area contributed by atoms with E-state index in [1.54, 1.807) is 0 Å². The van der Waals surface area contributed by atoms with Crippen molar-refractivity contribution in [3.63, 3.8) is 0 Å². The Hall–Kier alpha value is -1.59. The Morgan fingerprint density at radius 3 is 2.30 bits per heavy atom. The first-order valence-electron chi connectivity index (χ1n) is 8.25. The summed E-state index contributed by atoms with van der Waals surface area (Å²) in [7, 11) is 2.48. The van der Waals surface area contributed by atoms with Crippen LogP contribution in [0.3, 0.4) is 0 Å². The number of methoxy groups -OCH3 is 2. The summed E-state index contributed by atoms with van der Waals surface area (Å²) >= 11 is 0. The van der Waals surface area contributed by atoms with Crippen molar-refractivity contribution in [2.24, 2.45) is 23.7 Å². The van der Waals surface area contributed by atoms with Crippen molar-refractivity contribution in [1.29, 1.82) is 0 Å². The molecule has 6 nitrogen and oxygen atoms in total. The summed E-state index contributed by atoms with van der Waals surface area (Å²) in [5, 5.41) is 2.69. The number of amides is 1. The highest BCUT2D eigenvalue weighted by Gasteiger charge is 2.37. The van der Waals surface area contributed by atoms with Crippen molar-refractivity contribution >= 4 is 17.8 Å². The van der Waals surface area contributed by atoms with E-state index in [-0.39, 0.29) is 18.2 Å². The summed E-state index contributed by atoms with van der Waals surface area (Å²) in [6.45, 7) is 6.38. The van der Waals surface area contributed by atoms with Gasteiger partial charge >= 0.3 is 11.9 Å². The molecule has 1 fully saturated rings. The van der Waals surface area contributed by atoms with Crippen LogP contribution in [0, 0.1) is 23.7 Å². The molecule has 0 saturated heterocycles. The molecule has 4 atom stereocenters. The van der Waals surface area contributed by atoms with E-state index in [1.165, 1.54) is 14.2 Å². The summed E-state index contributed by atoms with van der Waals surface area (Å²) in [5.41, 5.74) is 0. The first kappa shape index (κ1) is 19.5. The topological polar surface area (TPSA) is 81.7 Å². The van der Waals surface area contributed by atoms with Crippen LogP contribution in [0.2, 0.25) is 0 Å². The predicted molar refractivity (Wildman–Crippen MR) is 85.4 cm³/mol. The molecule has 1 rings (SSSR count). The monoisotopic (exact) mass is 327 g/mol. The lowest BCUT2D eigenvalue weighted by Crippen LogP contribution is -2.48. The summed E-state index contributed by atoms with van der Waals surface area (Å²) in [4.78, 5) is 35.9. The van der Waals surface area contributed by atoms with Crippen LogP contribution in [0.15, 0.2) is 0 Å². The van der Waals surface area contributed by atoms with Crippen LogP contribution in [0.5, 0.6) is 0 Å². The van der Waals surface area contributed by atoms with Crippen molar-refractivity contribution in [2.75, 3.05) is 14.2 Å². The van der Waals surface area contributed by atoms with Gasteiger partial charge in [-0.05, 0) is 30.6 Å². The molecule has 1 aliphatic rings. The summed E-state index contributed by atoms with van der Waals surface area (Å²) < 4.78 is 9.26. The molecule has 0 bridgehead atoms. The van der Waals surface area contributed by atoms with Crippen LogP contribution >= 0.6 is 0 Å². The van der Waals surface area contributed by atoms with Gasteiger partial charge in [-0.15, -0.1) is 0 Å². The van der Waals surface area contributed by atoms with Gasteiger partial charge in [0, 0.05) is 5.92 Å². The second kappa shape index (κ2) is 8.89. The van der Waals surface area contributed by atoms with Crippen LogP contribution in [0.4, 0.5) is 0 Å². The van der Waals surface area contributed by atoms with Crippen molar-refractivity contribution in [1.82, 2.24) is 5.32 Å². The van der Waals surface area contributed by atoms with Gasteiger partial charge in [0.1, 0.15) is 6.04 Å². The van der Waals surface area contributed by atoms with E-state index < -0.39 is 18.0 Å². The molecule has 0 aliphatic heterocycles. The molecule has 0 heterocycles. The van der Waals surface area contributed by atoms with Gasteiger partial charge in [0.2, 0.25) is 5.91 Å². The smallest absolute Gasteiger partial charge is 0.328 e. The Labute approximate surface area is 138 Å². The second-order valence-electron chi connectivity index (χ2n) is 6.80. The predicted octanol–water partition coefficient (Wildman–Crippen LogP) is 1.92. The number of carbonyl (C=O) groups excluding carboxylic acids is 3. The Bertz CT molecular complexity index is 435. The number of carbonyl (C=O) groups is 3. The molecule has 1 saturated carbocycles. The third-order valence-corrected chi connectivity index (χ3v) is 4.76. The highest BCUT2D eigenvalue weighted by molar-refractivity contribution is 5.89. The van der Waals surface area contributed by atoms with Gasteiger partial charge in [0.25, 0.3) is 0 Å². The van der Waals surface area contributed by atoms with E-state index in [9.17, 15) is 14.4 Å². The summed E-state index contributed by atoms with van der Waals surface area (Å²) in [6, 6.07) is -0.995. The van der Waals surface area contributed by atoms with Crippen LogP contribution in [-0.4, -0.2) is 38.1 Å². The van der Waals surface area contributed by atoms with E-state index in [0.29, 0.717) is 17.8 Å². The Morgan fingerprint density at radius 1 is 1.13 bits per heavy atom. The van der Waals surface area contributed by atoms with Gasteiger partial charge in [0.15, 0.2) is 0 Å². The van der Waals surface area contributed by atoms with Crippen molar-refractivity contribution in [3.05, 3.63) is 0 Å². The van der Waals surface area contributed by atoms with Gasteiger partial charge in [0.05, 0.1) is 20.6 Å². The minimum absolute atomic E-state index is 0.136. The van der Waals surface area contributed by atoms with E-state index in [0.717, 1.165) is 19.3 Å². The maximum absolute atomic E-state index is 12.7. The first-order valence-corrected chi connectivity index (χ1v) is 8.25. The average molecular weight is 327 g/mol. The Morgan fingerprint density at radius 2 is 1.78 bits per heavy atom. The molecule has 0 spiro atoms. The average Bonchev–Trinajstić information content (AvgIpc) is 2.52. The quantitative estimate of drug-likeness (QED) is 0.754. The van der Waals surface area contributed by atoms with Crippen LogP contribution in [-0.2, 0) is 23.9 Å². The fourth-order valence-electron chi connectivity index (χ4n) is 3.37. The standard InChI is InChI=1S/C17H29NO5/c1-10(2)12-7-6-11(3)8-13(12)16(20)18-14(17(21)23-5)9-15(19)22-4/h10-14H,6-9H2,1-5H3,(H,18,20)/t11-,12+,13-,14+/m1/s1. The number of nitrogens with one attached hydrogen (secondary N) is 1. The molecule has 132 valence electrons. The minimum Gasteiger partial charge on any atom is -0.469 e. The maximum atomic E-state index is 12.7. The second-order valence-corrected chi connectivity index (χ2v) is 6.80. The molecule has 0 unspecified atom stereocenters. The Balaban J connectivity index is 2.82. The van der Waals surface area contributed by atoms with Gasteiger partial charge in [-0.3, -0.25) is 9.59 Å². The van der Waals surface area contributed by atoms with E-state index in [4.69, 9.17) is 0 Å². The van der Waals surface area contributed by atoms with Crippen LogP contribution < -0.4 is 5.32 Å². The highest BCUT2D eigenvalue weighted by Crippen LogP contribution is 2.38. The van der Waals surface area contributed by atoms with Gasteiger partial charge in [-0.2, -0.15) is 0 Å². The molecule has 1 amide bonds. The molecule has 6 heteroatoms. The van der Waals surface area contributed by atoms with E-state index in [2.05, 4.69) is 35.6 Å². The lowest BCUT2D eigenvalue weighted by molar-refractivity contribution is -0.151. The molecule has 0 radical (unpaired) electrons. The molecule has 23 heavy (non-hydrogen) atoms.